The maximum atomic E-state index is 11.1. The highest BCUT2D eigenvalue weighted by molar-refractivity contribution is 7.16. The molecule has 0 fully saturated rings. The normalized spacial score (nSPS) is 12.3. The van der Waals surface area contributed by atoms with E-state index in [4.69, 9.17) is 11.6 Å². The molecule has 0 saturated heterocycles. The van der Waals surface area contributed by atoms with Crippen LogP contribution in [-0.2, 0) is 9.53 Å². The van der Waals surface area contributed by atoms with E-state index in [1.165, 1.54) is 16.9 Å². The fraction of sp³-hybridized carbons (Fsp3) is 0.357. The maximum absolute atomic E-state index is 11.1. The molecule has 1 unspecified atom stereocenters. The summed E-state index contributed by atoms with van der Waals surface area (Å²) in [6, 6.07) is 8.25. The highest BCUT2D eigenvalue weighted by Gasteiger charge is 2.16. The van der Waals surface area contributed by atoms with Crippen LogP contribution in [-0.4, -0.2) is 19.6 Å². The van der Waals surface area contributed by atoms with Gasteiger partial charge in [-0.1, -0.05) is 17.7 Å². The van der Waals surface area contributed by atoms with Crippen molar-refractivity contribution in [1.29, 1.82) is 0 Å². The minimum absolute atomic E-state index is 0.144. The number of esters is 1. The predicted molar refractivity (Wildman–Crippen MR) is 84.7 cm³/mol. The van der Waals surface area contributed by atoms with Crippen molar-refractivity contribution in [2.24, 2.45) is 0 Å². The molecule has 2 aromatic rings. The van der Waals surface area contributed by atoms with Crippen molar-refractivity contribution in [2.75, 3.05) is 13.7 Å². The van der Waals surface area contributed by atoms with E-state index in [1.807, 2.05) is 18.2 Å². The van der Waals surface area contributed by atoms with Crippen LogP contribution in [0.4, 0.5) is 0 Å². The summed E-state index contributed by atoms with van der Waals surface area (Å²) in [6.07, 6.45) is 1.19. The summed E-state index contributed by atoms with van der Waals surface area (Å²) in [4.78, 5) is 13.5. The van der Waals surface area contributed by atoms with E-state index in [-0.39, 0.29) is 12.0 Å². The van der Waals surface area contributed by atoms with Crippen LogP contribution in [0.15, 0.2) is 29.6 Å². The van der Waals surface area contributed by atoms with Crippen LogP contribution in [0, 0.1) is 0 Å². The van der Waals surface area contributed by atoms with Gasteiger partial charge in [0.25, 0.3) is 0 Å². The Kier molecular flexibility index (Phi) is 6.04. The van der Waals surface area contributed by atoms with Crippen molar-refractivity contribution in [3.05, 3.63) is 43.7 Å². The zero-order valence-electron chi connectivity index (χ0n) is 11.1. The Balaban J connectivity index is 1.96. The van der Waals surface area contributed by atoms with Crippen LogP contribution in [0.1, 0.15) is 28.6 Å². The average Bonchev–Trinajstić information content (AvgIpc) is 3.10. The van der Waals surface area contributed by atoms with E-state index in [9.17, 15) is 4.79 Å². The second-order valence-electron chi connectivity index (χ2n) is 4.22. The lowest BCUT2D eigenvalue weighted by atomic mass is 10.2. The van der Waals surface area contributed by atoms with Gasteiger partial charge in [-0.15, -0.1) is 22.7 Å². The molecule has 0 aliphatic heterocycles. The lowest BCUT2D eigenvalue weighted by Crippen LogP contribution is -2.22. The SMILES string of the molecule is COC(=O)CCCNC(c1cccs1)c1ccc(Cl)s1. The van der Waals surface area contributed by atoms with E-state index < -0.39 is 0 Å². The number of carbonyl (C=O) groups excluding carboxylic acids is 1. The third kappa shape index (κ3) is 4.31. The van der Waals surface area contributed by atoms with Gasteiger partial charge in [-0.25, -0.2) is 0 Å². The Bertz CT molecular complexity index is 539. The minimum Gasteiger partial charge on any atom is -0.469 e. The van der Waals surface area contributed by atoms with Crippen LogP contribution in [0.25, 0.3) is 0 Å². The third-order valence-electron chi connectivity index (χ3n) is 2.84. The summed E-state index contributed by atoms with van der Waals surface area (Å²) < 4.78 is 5.43. The lowest BCUT2D eigenvalue weighted by molar-refractivity contribution is -0.140. The monoisotopic (exact) mass is 329 g/mol. The summed E-state index contributed by atoms with van der Waals surface area (Å²) in [7, 11) is 1.41. The van der Waals surface area contributed by atoms with E-state index in [0.717, 1.165) is 17.3 Å². The van der Waals surface area contributed by atoms with Crippen molar-refractivity contribution >= 4 is 40.2 Å². The van der Waals surface area contributed by atoms with Gasteiger partial charge in [-0.3, -0.25) is 4.79 Å². The van der Waals surface area contributed by atoms with Gasteiger partial charge >= 0.3 is 5.97 Å². The highest BCUT2D eigenvalue weighted by atomic mass is 35.5. The number of carbonyl (C=O) groups is 1. The number of thiophene rings is 2. The molecule has 0 bridgehead atoms. The molecule has 1 atom stereocenters. The molecular weight excluding hydrogens is 314 g/mol. The Labute approximate surface area is 131 Å². The Morgan fingerprint density at radius 2 is 2.25 bits per heavy atom. The lowest BCUT2D eigenvalue weighted by Gasteiger charge is -2.15. The molecule has 0 radical (unpaired) electrons. The standard InChI is InChI=1S/C14H16ClNO2S2/c1-18-13(17)5-2-8-16-14(10-4-3-9-19-10)11-6-7-12(15)20-11/h3-4,6-7,9,14,16H,2,5,8H2,1H3. The van der Waals surface area contributed by atoms with Gasteiger partial charge in [-0.2, -0.15) is 0 Å². The smallest absolute Gasteiger partial charge is 0.305 e. The number of rotatable bonds is 7. The molecule has 6 heteroatoms. The van der Waals surface area contributed by atoms with Crippen molar-refractivity contribution in [3.63, 3.8) is 0 Å². The second kappa shape index (κ2) is 7.78. The second-order valence-corrected chi connectivity index (χ2v) is 6.95. The third-order valence-corrected chi connectivity index (χ3v) is 5.07. The number of hydrogen-bond donors (Lipinski definition) is 1. The van der Waals surface area contributed by atoms with E-state index in [0.29, 0.717) is 6.42 Å². The van der Waals surface area contributed by atoms with Gasteiger partial charge in [0.2, 0.25) is 0 Å². The molecule has 108 valence electrons. The van der Waals surface area contributed by atoms with Crippen LogP contribution in [0.5, 0.6) is 0 Å². The van der Waals surface area contributed by atoms with Crippen molar-refractivity contribution in [1.82, 2.24) is 5.32 Å². The Hall–Kier alpha value is -0.880. The molecular formula is C14H16ClNO2S2. The molecule has 2 rings (SSSR count). The minimum atomic E-state index is -0.168. The van der Waals surface area contributed by atoms with Crippen molar-refractivity contribution in [3.8, 4) is 0 Å². The molecule has 3 nitrogen and oxygen atoms in total. The first-order chi connectivity index (χ1) is 9.70. The number of hydrogen-bond acceptors (Lipinski definition) is 5. The van der Waals surface area contributed by atoms with Crippen molar-refractivity contribution < 1.29 is 9.53 Å². The topological polar surface area (TPSA) is 38.3 Å². The first kappa shape index (κ1) is 15.5. The van der Waals surface area contributed by atoms with E-state index >= 15 is 0 Å². The molecule has 20 heavy (non-hydrogen) atoms. The quantitative estimate of drug-likeness (QED) is 0.614. The summed E-state index contributed by atoms with van der Waals surface area (Å²) in [5, 5.41) is 5.55. The zero-order chi connectivity index (χ0) is 14.4. The van der Waals surface area contributed by atoms with Gasteiger partial charge < -0.3 is 10.1 Å². The molecule has 1 N–H and O–H groups in total. The van der Waals surface area contributed by atoms with Crippen molar-refractivity contribution in [2.45, 2.75) is 18.9 Å². The first-order valence-electron chi connectivity index (χ1n) is 6.29. The first-order valence-corrected chi connectivity index (χ1v) is 8.37. The largest absolute Gasteiger partial charge is 0.469 e. The molecule has 2 heterocycles. The van der Waals surface area contributed by atoms with Crippen LogP contribution in [0.2, 0.25) is 4.34 Å². The van der Waals surface area contributed by atoms with Gasteiger partial charge in [-0.05, 0) is 36.5 Å². The molecule has 0 spiro atoms. The molecule has 0 aliphatic rings. The predicted octanol–water partition coefficient (Wildman–Crippen LogP) is 4.10. The van der Waals surface area contributed by atoms with Crippen LogP contribution < -0.4 is 5.32 Å². The fourth-order valence-corrected chi connectivity index (χ4v) is 3.91. The van der Waals surface area contributed by atoms with Gasteiger partial charge in [0, 0.05) is 16.2 Å². The summed E-state index contributed by atoms with van der Waals surface area (Å²) in [5.74, 6) is -0.168. The molecule has 2 aromatic heterocycles. The van der Waals surface area contributed by atoms with E-state index in [2.05, 4.69) is 21.5 Å². The summed E-state index contributed by atoms with van der Waals surface area (Å²) >= 11 is 9.31. The summed E-state index contributed by atoms with van der Waals surface area (Å²) in [6.45, 7) is 0.757. The average molecular weight is 330 g/mol. The Morgan fingerprint density at radius 3 is 2.85 bits per heavy atom. The number of halogens is 1. The molecule has 0 aliphatic carbocycles. The fourth-order valence-electron chi connectivity index (χ4n) is 1.86. The van der Waals surface area contributed by atoms with Gasteiger partial charge in [0.05, 0.1) is 17.5 Å². The molecule has 0 amide bonds. The number of methoxy groups -OCH3 is 1. The zero-order valence-corrected chi connectivity index (χ0v) is 13.5. The van der Waals surface area contributed by atoms with E-state index in [1.54, 1.807) is 22.7 Å². The summed E-state index contributed by atoms with van der Waals surface area (Å²) in [5.41, 5.74) is 0. The molecule has 0 aromatic carbocycles. The number of nitrogens with one attached hydrogen (secondary N) is 1. The van der Waals surface area contributed by atoms with Crippen LogP contribution in [0.3, 0.4) is 0 Å². The van der Waals surface area contributed by atoms with Crippen LogP contribution >= 0.6 is 34.3 Å². The number of ether oxygens (including phenoxy) is 1. The maximum Gasteiger partial charge on any atom is 0.305 e. The highest BCUT2D eigenvalue weighted by Crippen LogP contribution is 2.32. The van der Waals surface area contributed by atoms with Gasteiger partial charge in [0.15, 0.2) is 0 Å². The van der Waals surface area contributed by atoms with Gasteiger partial charge in [0.1, 0.15) is 0 Å². The molecule has 0 saturated carbocycles. The Morgan fingerprint density at radius 1 is 1.40 bits per heavy atom.